The van der Waals surface area contributed by atoms with Gasteiger partial charge in [-0.2, -0.15) is 15.1 Å². The Balaban J connectivity index is 2.08. The fourth-order valence-electron chi connectivity index (χ4n) is 1.77. The Hall–Kier alpha value is -1.70. The Kier molecular flexibility index (Phi) is 5.28. The van der Waals surface area contributed by atoms with Gasteiger partial charge in [-0.05, 0) is 12.8 Å². The number of aromatic nitrogens is 4. The summed E-state index contributed by atoms with van der Waals surface area (Å²) in [6.45, 7) is 3.64. The second-order valence-corrected chi connectivity index (χ2v) is 6.07. The van der Waals surface area contributed by atoms with E-state index in [1.807, 2.05) is 0 Å². The molecular weight excluding hydrogens is 276 g/mol. The van der Waals surface area contributed by atoms with Crippen LogP contribution in [0.5, 0.6) is 0 Å². The predicted octanol–water partition coefficient (Wildman–Crippen LogP) is 1.36. The highest BCUT2D eigenvalue weighted by Gasteiger charge is 2.08. The Bertz CT molecular complexity index is 584. The maximum Gasteiger partial charge on any atom is 0.226 e. The van der Waals surface area contributed by atoms with Crippen LogP contribution in [-0.4, -0.2) is 49.5 Å². The fraction of sp³-hybridized carbons (Fsp3) is 0.583. The van der Waals surface area contributed by atoms with E-state index >= 15 is 0 Å². The van der Waals surface area contributed by atoms with Gasteiger partial charge in [0.15, 0.2) is 5.65 Å². The molecule has 0 spiro atoms. The van der Waals surface area contributed by atoms with Gasteiger partial charge in [0.1, 0.15) is 5.82 Å². The standard InChI is InChI=1S/C12H20N6OS/c1-3-5-14-12-16-10(13-6-4-7-20(2)19)9-8-15-18-11(9)17-12/h8H,3-7H2,1-2H3,(H3,13,14,15,16,17,18). The van der Waals surface area contributed by atoms with E-state index in [1.54, 1.807) is 12.5 Å². The number of nitrogens with zero attached hydrogens (tertiary/aromatic N) is 3. The van der Waals surface area contributed by atoms with Crippen molar-refractivity contribution < 1.29 is 4.21 Å². The van der Waals surface area contributed by atoms with E-state index in [2.05, 4.69) is 37.7 Å². The lowest BCUT2D eigenvalue weighted by Crippen LogP contribution is -2.10. The van der Waals surface area contributed by atoms with Gasteiger partial charge in [-0.25, -0.2) is 0 Å². The maximum atomic E-state index is 11.0. The summed E-state index contributed by atoms with van der Waals surface area (Å²) in [7, 11) is -0.755. The molecule has 0 fully saturated rings. The SMILES string of the molecule is CCCNc1nc(NCCCS(C)=O)c2cn[nH]c2n1. The maximum absolute atomic E-state index is 11.0. The Labute approximate surface area is 120 Å². The second kappa shape index (κ2) is 7.18. The summed E-state index contributed by atoms with van der Waals surface area (Å²) >= 11 is 0. The van der Waals surface area contributed by atoms with Gasteiger partial charge < -0.3 is 10.6 Å². The van der Waals surface area contributed by atoms with E-state index in [9.17, 15) is 4.21 Å². The van der Waals surface area contributed by atoms with Crippen LogP contribution in [0.4, 0.5) is 11.8 Å². The molecule has 2 aromatic rings. The predicted molar refractivity (Wildman–Crippen MR) is 82.5 cm³/mol. The summed E-state index contributed by atoms with van der Waals surface area (Å²) in [6, 6.07) is 0. The average molecular weight is 296 g/mol. The third kappa shape index (κ3) is 3.89. The van der Waals surface area contributed by atoms with E-state index < -0.39 is 10.8 Å². The molecule has 2 aromatic heterocycles. The smallest absolute Gasteiger partial charge is 0.226 e. The molecule has 0 aliphatic carbocycles. The van der Waals surface area contributed by atoms with Crippen molar-refractivity contribution in [1.82, 2.24) is 20.2 Å². The van der Waals surface area contributed by atoms with Crippen molar-refractivity contribution in [3.8, 4) is 0 Å². The molecule has 1 unspecified atom stereocenters. The summed E-state index contributed by atoms with van der Waals surface area (Å²) in [4.78, 5) is 8.82. The molecule has 0 saturated carbocycles. The van der Waals surface area contributed by atoms with Crippen molar-refractivity contribution in [2.75, 3.05) is 35.7 Å². The van der Waals surface area contributed by atoms with Crippen molar-refractivity contribution in [2.45, 2.75) is 19.8 Å². The molecule has 20 heavy (non-hydrogen) atoms. The normalized spacial score (nSPS) is 12.5. The molecule has 110 valence electrons. The third-order valence-corrected chi connectivity index (χ3v) is 3.61. The highest BCUT2D eigenvalue weighted by atomic mass is 32.2. The van der Waals surface area contributed by atoms with Crippen LogP contribution < -0.4 is 10.6 Å². The quantitative estimate of drug-likeness (QED) is 0.637. The monoisotopic (exact) mass is 296 g/mol. The van der Waals surface area contributed by atoms with Crippen molar-refractivity contribution >= 4 is 33.6 Å². The number of fused-ring (bicyclic) bond motifs is 1. The zero-order valence-electron chi connectivity index (χ0n) is 11.8. The number of hydrogen-bond acceptors (Lipinski definition) is 6. The molecule has 8 heteroatoms. The van der Waals surface area contributed by atoms with E-state index in [4.69, 9.17) is 0 Å². The molecule has 0 aliphatic rings. The first-order valence-electron chi connectivity index (χ1n) is 6.69. The first kappa shape index (κ1) is 14.7. The molecule has 0 radical (unpaired) electrons. The number of hydrogen-bond donors (Lipinski definition) is 3. The van der Waals surface area contributed by atoms with Crippen LogP contribution in [0, 0.1) is 0 Å². The van der Waals surface area contributed by atoms with E-state index in [1.165, 1.54) is 0 Å². The van der Waals surface area contributed by atoms with Crippen LogP contribution in [0.3, 0.4) is 0 Å². The molecule has 0 amide bonds. The second-order valence-electron chi connectivity index (χ2n) is 4.51. The van der Waals surface area contributed by atoms with E-state index in [0.29, 0.717) is 17.3 Å². The molecule has 1 atom stereocenters. The molecule has 0 saturated heterocycles. The topological polar surface area (TPSA) is 95.6 Å². The third-order valence-electron chi connectivity index (χ3n) is 2.74. The van der Waals surface area contributed by atoms with Gasteiger partial charge in [0, 0.05) is 35.9 Å². The van der Waals surface area contributed by atoms with Crippen LogP contribution in [0.1, 0.15) is 19.8 Å². The van der Waals surface area contributed by atoms with E-state index in [0.717, 1.165) is 37.1 Å². The van der Waals surface area contributed by atoms with Crippen molar-refractivity contribution in [3.05, 3.63) is 6.20 Å². The lowest BCUT2D eigenvalue weighted by atomic mass is 10.3. The number of aromatic amines is 1. The van der Waals surface area contributed by atoms with Crippen molar-refractivity contribution in [2.24, 2.45) is 0 Å². The van der Waals surface area contributed by atoms with Crippen LogP contribution in [-0.2, 0) is 10.8 Å². The molecule has 3 N–H and O–H groups in total. The van der Waals surface area contributed by atoms with Crippen molar-refractivity contribution in [3.63, 3.8) is 0 Å². The molecule has 2 rings (SSSR count). The summed E-state index contributed by atoms with van der Waals surface area (Å²) in [6.07, 6.45) is 5.27. The highest BCUT2D eigenvalue weighted by molar-refractivity contribution is 7.84. The van der Waals surface area contributed by atoms with Gasteiger partial charge in [0.05, 0.1) is 11.6 Å². The summed E-state index contributed by atoms with van der Waals surface area (Å²) in [5.41, 5.74) is 0.708. The fourth-order valence-corrected chi connectivity index (χ4v) is 2.32. The lowest BCUT2D eigenvalue weighted by Gasteiger charge is -2.09. The van der Waals surface area contributed by atoms with Gasteiger partial charge in [0.2, 0.25) is 5.95 Å². The zero-order chi connectivity index (χ0) is 14.4. The Morgan fingerprint density at radius 2 is 2.15 bits per heavy atom. The minimum absolute atomic E-state index is 0.588. The molecule has 2 heterocycles. The van der Waals surface area contributed by atoms with Gasteiger partial charge in [0.25, 0.3) is 0 Å². The van der Waals surface area contributed by atoms with Gasteiger partial charge >= 0.3 is 0 Å². The summed E-state index contributed by atoms with van der Waals surface area (Å²) in [5, 5.41) is 14.1. The average Bonchev–Trinajstić information content (AvgIpc) is 2.89. The molecular formula is C12H20N6OS. The van der Waals surface area contributed by atoms with Gasteiger partial charge in [-0.3, -0.25) is 9.31 Å². The van der Waals surface area contributed by atoms with Crippen LogP contribution in [0.2, 0.25) is 0 Å². The number of H-pyrrole nitrogens is 1. The molecule has 0 bridgehead atoms. The number of rotatable bonds is 8. The Morgan fingerprint density at radius 1 is 1.30 bits per heavy atom. The molecule has 0 aromatic carbocycles. The minimum atomic E-state index is -0.755. The summed E-state index contributed by atoms with van der Waals surface area (Å²) in [5.74, 6) is 2.03. The largest absolute Gasteiger partial charge is 0.369 e. The minimum Gasteiger partial charge on any atom is -0.369 e. The summed E-state index contributed by atoms with van der Waals surface area (Å²) < 4.78 is 11.0. The van der Waals surface area contributed by atoms with E-state index in [-0.39, 0.29) is 0 Å². The first-order chi connectivity index (χ1) is 9.70. The van der Waals surface area contributed by atoms with Crippen LogP contribution in [0.25, 0.3) is 11.0 Å². The Morgan fingerprint density at radius 3 is 2.90 bits per heavy atom. The zero-order valence-corrected chi connectivity index (χ0v) is 12.6. The van der Waals surface area contributed by atoms with Crippen LogP contribution >= 0.6 is 0 Å². The number of anilines is 2. The molecule has 7 nitrogen and oxygen atoms in total. The van der Waals surface area contributed by atoms with Gasteiger partial charge in [-0.15, -0.1) is 0 Å². The highest BCUT2D eigenvalue weighted by Crippen LogP contribution is 2.19. The lowest BCUT2D eigenvalue weighted by molar-refractivity contribution is 0.685. The van der Waals surface area contributed by atoms with Crippen LogP contribution in [0.15, 0.2) is 6.20 Å². The van der Waals surface area contributed by atoms with Crippen molar-refractivity contribution in [1.29, 1.82) is 0 Å². The molecule has 0 aliphatic heterocycles. The number of nitrogens with one attached hydrogen (secondary N) is 3. The van der Waals surface area contributed by atoms with Gasteiger partial charge in [-0.1, -0.05) is 6.92 Å². The first-order valence-corrected chi connectivity index (χ1v) is 8.42.